The Labute approximate surface area is 137 Å². The molecule has 0 aromatic heterocycles. The van der Waals surface area contributed by atoms with E-state index in [0.29, 0.717) is 0 Å². The van der Waals surface area contributed by atoms with E-state index in [0.717, 1.165) is 29.4 Å². The molecule has 0 aliphatic heterocycles. The summed E-state index contributed by atoms with van der Waals surface area (Å²) in [5, 5.41) is 8.78. The predicted molar refractivity (Wildman–Crippen MR) is 94.4 cm³/mol. The van der Waals surface area contributed by atoms with Crippen LogP contribution in [0.15, 0.2) is 48.5 Å². The lowest BCUT2D eigenvalue weighted by Gasteiger charge is -2.11. The number of anilines is 2. The normalized spacial score (nSPS) is 10.3. The molecule has 2 aromatic carbocycles. The Bertz CT molecular complexity index is 622. The summed E-state index contributed by atoms with van der Waals surface area (Å²) in [5.41, 5.74) is 1.79. The van der Waals surface area contributed by atoms with Gasteiger partial charge in [0, 0.05) is 24.0 Å². The molecule has 2 rings (SSSR count). The summed E-state index contributed by atoms with van der Waals surface area (Å²) < 4.78 is 5.78. The van der Waals surface area contributed by atoms with Gasteiger partial charge in [-0.25, -0.2) is 4.79 Å². The van der Waals surface area contributed by atoms with Crippen molar-refractivity contribution in [2.75, 3.05) is 17.2 Å². The molecular formula is C18H23N3O2. The number of ether oxygens (including phenoxy) is 1. The van der Waals surface area contributed by atoms with Crippen molar-refractivity contribution < 1.29 is 9.53 Å². The van der Waals surface area contributed by atoms with Gasteiger partial charge >= 0.3 is 6.03 Å². The molecule has 0 unspecified atom stereocenters. The highest BCUT2D eigenvalue weighted by atomic mass is 16.5. The topological polar surface area (TPSA) is 62.4 Å². The summed E-state index contributed by atoms with van der Waals surface area (Å²) in [7, 11) is 0. The standard InChI is InChI=1S/C18H23N3O2/c1-4-19-14-5-9-16(10-6-14)23-17-11-7-15(8-12-17)21-18(22)20-13(2)3/h5-13,19H,4H2,1-3H3,(H2,20,21,22). The average molecular weight is 313 g/mol. The quantitative estimate of drug-likeness (QED) is 0.739. The molecule has 0 saturated carbocycles. The third kappa shape index (κ3) is 5.54. The van der Waals surface area contributed by atoms with Crippen molar-refractivity contribution >= 4 is 17.4 Å². The second-order valence-corrected chi connectivity index (χ2v) is 5.43. The molecule has 0 saturated heterocycles. The highest BCUT2D eigenvalue weighted by molar-refractivity contribution is 5.89. The van der Waals surface area contributed by atoms with Gasteiger partial charge in [0.25, 0.3) is 0 Å². The molecular weight excluding hydrogens is 290 g/mol. The summed E-state index contributed by atoms with van der Waals surface area (Å²) in [6, 6.07) is 14.9. The van der Waals surface area contributed by atoms with Crippen molar-refractivity contribution in [1.82, 2.24) is 5.32 Å². The van der Waals surface area contributed by atoms with Gasteiger partial charge in [-0.15, -0.1) is 0 Å². The van der Waals surface area contributed by atoms with Crippen LogP contribution in [0.5, 0.6) is 11.5 Å². The summed E-state index contributed by atoms with van der Waals surface area (Å²) in [6.07, 6.45) is 0. The minimum Gasteiger partial charge on any atom is -0.457 e. The average Bonchev–Trinajstić information content (AvgIpc) is 2.51. The van der Waals surface area contributed by atoms with Gasteiger partial charge < -0.3 is 20.7 Å². The van der Waals surface area contributed by atoms with Crippen molar-refractivity contribution in [3.05, 3.63) is 48.5 Å². The molecule has 0 fully saturated rings. The molecule has 0 aliphatic carbocycles. The molecule has 122 valence electrons. The fourth-order valence-corrected chi connectivity index (χ4v) is 2.02. The monoisotopic (exact) mass is 313 g/mol. The Morgan fingerprint density at radius 3 is 1.96 bits per heavy atom. The summed E-state index contributed by atoms with van der Waals surface area (Å²) in [4.78, 5) is 11.6. The van der Waals surface area contributed by atoms with Crippen LogP contribution in [0.25, 0.3) is 0 Å². The summed E-state index contributed by atoms with van der Waals surface area (Å²) in [6.45, 7) is 6.77. The van der Waals surface area contributed by atoms with Crippen LogP contribution in [0.1, 0.15) is 20.8 Å². The first kappa shape index (κ1) is 16.7. The van der Waals surface area contributed by atoms with Crippen LogP contribution >= 0.6 is 0 Å². The molecule has 0 atom stereocenters. The number of carbonyl (C=O) groups is 1. The molecule has 2 aromatic rings. The zero-order valence-corrected chi connectivity index (χ0v) is 13.7. The number of nitrogens with one attached hydrogen (secondary N) is 3. The first-order valence-electron chi connectivity index (χ1n) is 7.76. The van der Waals surface area contributed by atoms with Crippen LogP contribution in [-0.4, -0.2) is 18.6 Å². The van der Waals surface area contributed by atoms with Crippen LogP contribution in [0.3, 0.4) is 0 Å². The van der Waals surface area contributed by atoms with E-state index in [1.165, 1.54) is 0 Å². The number of hydrogen-bond acceptors (Lipinski definition) is 3. The first-order valence-corrected chi connectivity index (χ1v) is 7.76. The molecule has 5 nitrogen and oxygen atoms in total. The lowest BCUT2D eigenvalue weighted by molar-refractivity contribution is 0.250. The molecule has 5 heteroatoms. The number of rotatable bonds is 6. The van der Waals surface area contributed by atoms with E-state index < -0.39 is 0 Å². The third-order valence-electron chi connectivity index (χ3n) is 3.00. The number of hydrogen-bond donors (Lipinski definition) is 3. The van der Waals surface area contributed by atoms with Crippen LogP contribution < -0.4 is 20.7 Å². The van der Waals surface area contributed by atoms with E-state index >= 15 is 0 Å². The first-order chi connectivity index (χ1) is 11.1. The Hall–Kier alpha value is -2.69. The molecule has 0 spiro atoms. The van der Waals surface area contributed by atoms with E-state index in [9.17, 15) is 4.79 Å². The van der Waals surface area contributed by atoms with Crippen molar-refractivity contribution in [2.24, 2.45) is 0 Å². The fraction of sp³-hybridized carbons (Fsp3) is 0.278. The van der Waals surface area contributed by atoms with E-state index in [1.807, 2.05) is 62.4 Å². The predicted octanol–water partition coefficient (Wildman–Crippen LogP) is 4.44. The highest BCUT2D eigenvalue weighted by Gasteiger charge is 2.04. The largest absolute Gasteiger partial charge is 0.457 e. The summed E-state index contributed by atoms with van der Waals surface area (Å²) >= 11 is 0. The molecule has 2 amide bonds. The number of carbonyl (C=O) groups excluding carboxylic acids is 1. The lowest BCUT2D eigenvalue weighted by Crippen LogP contribution is -2.34. The van der Waals surface area contributed by atoms with Crippen LogP contribution in [0.2, 0.25) is 0 Å². The third-order valence-corrected chi connectivity index (χ3v) is 3.00. The SMILES string of the molecule is CCNc1ccc(Oc2ccc(NC(=O)NC(C)C)cc2)cc1. The van der Waals surface area contributed by atoms with Crippen molar-refractivity contribution in [1.29, 1.82) is 0 Å². The van der Waals surface area contributed by atoms with Gasteiger partial charge in [-0.1, -0.05) is 0 Å². The van der Waals surface area contributed by atoms with E-state index in [4.69, 9.17) is 4.74 Å². The van der Waals surface area contributed by atoms with Crippen molar-refractivity contribution in [2.45, 2.75) is 26.8 Å². The van der Waals surface area contributed by atoms with Gasteiger partial charge in [-0.2, -0.15) is 0 Å². The Balaban J connectivity index is 1.93. The maximum atomic E-state index is 11.6. The van der Waals surface area contributed by atoms with Gasteiger partial charge in [0.1, 0.15) is 11.5 Å². The molecule has 0 aliphatic rings. The number of amides is 2. The minimum absolute atomic E-state index is 0.0998. The van der Waals surface area contributed by atoms with E-state index in [2.05, 4.69) is 22.9 Å². The maximum Gasteiger partial charge on any atom is 0.319 e. The van der Waals surface area contributed by atoms with E-state index in [1.54, 1.807) is 0 Å². The maximum absolute atomic E-state index is 11.6. The molecule has 0 heterocycles. The fourth-order valence-electron chi connectivity index (χ4n) is 2.02. The highest BCUT2D eigenvalue weighted by Crippen LogP contribution is 2.24. The van der Waals surface area contributed by atoms with Crippen LogP contribution in [0, 0.1) is 0 Å². The summed E-state index contributed by atoms with van der Waals surface area (Å²) in [5.74, 6) is 1.49. The van der Waals surface area contributed by atoms with E-state index in [-0.39, 0.29) is 12.1 Å². The Morgan fingerprint density at radius 2 is 1.48 bits per heavy atom. The smallest absolute Gasteiger partial charge is 0.319 e. The zero-order valence-electron chi connectivity index (χ0n) is 13.7. The Morgan fingerprint density at radius 1 is 0.957 bits per heavy atom. The Kier molecular flexibility index (Phi) is 5.86. The minimum atomic E-state index is -0.215. The van der Waals surface area contributed by atoms with Gasteiger partial charge in [0.05, 0.1) is 0 Å². The number of benzene rings is 2. The van der Waals surface area contributed by atoms with Crippen molar-refractivity contribution in [3.8, 4) is 11.5 Å². The van der Waals surface area contributed by atoms with Gasteiger partial charge in [0.15, 0.2) is 0 Å². The van der Waals surface area contributed by atoms with Crippen molar-refractivity contribution in [3.63, 3.8) is 0 Å². The van der Waals surface area contributed by atoms with Gasteiger partial charge in [0.2, 0.25) is 0 Å². The molecule has 23 heavy (non-hydrogen) atoms. The second kappa shape index (κ2) is 8.08. The zero-order chi connectivity index (χ0) is 16.7. The van der Waals surface area contributed by atoms with Gasteiger partial charge in [-0.05, 0) is 69.3 Å². The second-order valence-electron chi connectivity index (χ2n) is 5.43. The molecule has 0 radical (unpaired) electrons. The molecule has 0 bridgehead atoms. The molecule has 3 N–H and O–H groups in total. The van der Waals surface area contributed by atoms with Crippen LogP contribution in [0.4, 0.5) is 16.2 Å². The number of urea groups is 1. The lowest BCUT2D eigenvalue weighted by atomic mass is 10.3. The van der Waals surface area contributed by atoms with Gasteiger partial charge in [-0.3, -0.25) is 0 Å². The van der Waals surface area contributed by atoms with Crippen LogP contribution in [-0.2, 0) is 0 Å².